The Kier molecular flexibility index (Phi) is 6.78. The summed E-state index contributed by atoms with van der Waals surface area (Å²) in [6, 6.07) is 15.7. The molecule has 0 unspecified atom stereocenters. The van der Waals surface area contributed by atoms with Gasteiger partial charge in [0.05, 0.1) is 24.2 Å². The Labute approximate surface area is 202 Å². The predicted molar refractivity (Wildman–Crippen MR) is 134 cm³/mol. The molecule has 9 heteroatoms. The van der Waals surface area contributed by atoms with Gasteiger partial charge in [-0.2, -0.15) is 0 Å². The average molecular weight is 471 g/mol. The number of aromatic amines is 1. The second-order valence-electron chi connectivity index (χ2n) is 8.34. The van der Waals surface area contributed by atoms with Crippen molar-refractivity contribution < 1.29 is 14.3 Å². The number of anilines is 2. The summed E-state index contributed by atoms with van der Waals surface area (Å²) in [5.41, 5.74) is 4.04. The summed E-state index contributed by atoms with van der Waals surface area (Å²) < 4.78 is 5.40. The zero-order valence-electron chi connectivity index (χ0n) is 19.2. The maximum atomic E-state index is 12.7. The molecule has 178 valence electrons. The molecule has 9 nitrogen and oxygen atoms in total. The monoisotopic (exact) mass is 470 g/mol. The summed E-state index contributed by atoms with van der Waals surface area (Å²) in [6.07, 6.45) is 3.96. The fraction of sp³-hybridized carbons (Fsp3) is 0.231. The number of nitrogens with zero attached hydrogens (tertiary/aromatic N) is 3. The third-order valence-corrected chi connectivity index (χ3v) is 5.90. The second kappa shape index (κ2) is 10.5. The quantitative estimate of drug-likeness (QED) is 0.382. The van der Waals surface area contributed by atoms with Gasteiger partial charge in [-0.05, 0) is 54.6 Å². The summed E-state index contributed by atoms with van der Waals surface area (Å²) >= 11 is 0. The number of carbonyl (C=O) groups is 2. The number of rotatable bonds is 7. The minimum Gasteiger partial charge on any atom is -0.379 e. The molecule has 3 N–H and O–H groups in total. The molecule has 4 aromatic rings. The number of imidazole rings is 1. The third kappa shape index (κ3) is 5.71. The van der Waals surface area contributed by atoms with Crippen LogP contribution in [0.5, 0.6) is 0 Å². The number of hydrogen-bond donors (Lipinski definition) is 3. The molecule has 1 fully saturated rings. The minimum absolute atomic E-state index is 0.233. The molecular formula is C26H26N6O3. The van der Waals surface area contributed by atoms with E-state index in [-0.39, 0.29) is 11.8 Å². The number of amides is 2. The van der Waals surface area contributed by atoms with Crippen molar-refractivity contribution in [2.45, 2.75) is 6.42 Å². The molecule has 5 rings (SSSR count). The fourth-order valence-corrected chi connectivity index (χ4v) is 3.96. The van der Waals surface area contributed by atoms with Crippen LogP contribution in [0.4, 0.5) is 11.4 Å². The van der Waals surface area contributed by atoms with Crippen LogP contribution in [0.15, 0.2) is 67.0 Å². The zero-order chi connectivity index (χ0) is 24.0. The first-order chi connectivity index (χ1) is 17.1. The lowest BCUT2D eigenvalue weighted by Gasteiger charge is -2.25. The molecule has 1 saturated heterocycles. The van der Waals surface area contributed by atoms with Crippen molar-refractivity contribution >= 4 is 34.2 Å². The van der Waals surface area contributed by atoms with Crippen molar-refractivity contribution in [3.8, 4) is 0 Å². The highest BCUT2D eigenvalue weighted by molar-refractivity contribution is 6.06. The molecule has 2 amide bonds. The van der Waals surface area contributed by atoms with Crippen molar-refractivity contribution in [2.24, 2.45) is 0 Å². The van der Waals surface area contributed by atoms with E-state index in [2.05, 4.69) is 30.5 Å². The Balaban J connectivity index is 1.19. The molecule has 1 aliphatic heterocycles. The van der Waals surface area contributed by atoms with Gasteiger partial charge in [0.15, 0.2) is 0 Å². The molecule has 0 atom stereocenters. The molecule has 35 heavy (non-hydrogen) atoms. The Morgan fingerprint density at radius 3 is 2.29 bits per heavy atom. The summed E-state index contributed by atoms with van der Waals surface area (Å²) in [5.74, 6) is 0.463. The van der Waals surface area contributed by atoms with E-state index < -0.39 is 0 Å². The molecule has 0 aliphatic carbocycles. The molecular weight excluding hydrogens is 444 g/mol. The van der Waals surface area contributed by atoms with Crippen molar-refractivity contribution in [3.05, 3.63) is 83.9 Å². The number of H-pyrrole nitrogens is 1. The van der Waals surface area contributed by atoms with E-state index in [4.69, 9.17) is 4.74 Å². The maximum absolute atomic E-state index is 12.7. The SMILES string of the molecule is O=C(Nc1ccc(C(=O)Nc2ccc3nc(CCN4CCOCC4)[nH]c3c2)cc1)c1ccncc1. The largest absolute Gasteiger partial charge is 0.379 e. The van der Waals surface area contributed by atoms with E-state index in [9.17, 15) is 9.59 Å². The number of nitrogens with one attached hydrogen (secondary N) is 3. The first-order valence-electron chi connectivity index (χ1n) is 11.6. The van der Waals surface area contributed by atoms with Gasteiger partial charge in [0.2, 0.25) is 0 Å². The minimum atomic E-state index is -0.234. The van der Waals surface area contributed by atoms with Crippen LogP contribution in [0, 0.1) is 0 Å². The lowest BCUT2D eigenvalue weighted by molar-refractivity contribution is 0.0382. The first-order valence-corrected chi connectivity index (χ1v) is 11.6. The molecule has 0 radical (unpaired) electrons. The third-order valence-electron chi connectivity index (χ3n) is 5.90. The zero-order valence-corrected chi connectivity index (χ0v) is 19.2. The normalized spacial score (nSPS) is 14.1. The summed E-state index contributed by atoms with van der Waals surface area (Å²) in [6.45, 7) is 4.41. The molecule has 0 spiro atoms. The van der Waals surface area contributed by atoms with Crippen molar-refractivity contribution in [3.63, 3.8) is 0 Å². The number of carbonyl (C=O) groups excluding carboxylic acids is 2. The van der Waals surface area contributed by atoms with Crippen LogP contribution in [-0.4, -0.2) is 64.5 Å². The Hall–Kier alpha value is -4.08. The highest BCUT2D eigenvalue weighted by atomic mass is 16.5. The molecule has 0 saturated carbocycles. The lowest BCUT2D eigenvalue weighted by Crippen LogP contribution is -2.37. The standard InChI is InChI=1S/C26H26N6O3/c33-25(18-1-3-20(4-2-18)28-26(34)19-7-10-27-11-8-19)29-21-5-6-22-23(17-21)31-24(30-22)9-12-32-13-15-35-16-14-32/h1-8,10-11,17H,9,12-16H2,(H,28,34)(H,29,33)(H,30,31). The van der Waals surface area contributed by atoms with E-state index in [1.54, 1.807) is 48.8 Å². The van der Waals surface area contributed by atoms with Crippen molar-refractivity contribution in [2.75, 3.05) is 43.5 Å². The Morgan fingerprint density at radius 1 is 0.886 bits per heavy atom. The number of morpholine rings is 1. The highest BCUT2D eigenvalue weighted by Gasteiger charge is 2.13. The van der Waals surface area contributed by atoms with Crippen molar-refractivity contribution in [1.29, 1.82) is 0 Å². The molecule has 1 aliphatic rings. The number of pyridine rings is 1. The molecule has 0 bridgehead atoms. The Bertz CT molecular complexity index is 1310. The predicted octanol–water partition coefficient (Wildman–Crippen LogP) is 3.34. The topological polar surface area (TPSA) is 112 Å². The van der Waals surface area contributed by atoms with Gasteiger partial charge in [-0.15, -0.1) is 0 Å². The van der Waals surface area contributed by atoms with Crippen LogP contribution in [0.3, 0.4) is 0 Å². The number of benzene rings is 2. The van der Waals surface area contributed by atoms with Gasteiger partial charge in [-0.1, -0.05) is 0 Å². The van der Waals surface area contributed by atoms with Crippen LogP contribution in [0.2, 0.25) is 0 Å². The smallest absolute Gasteiger partial charge is 0.255 e. The van der Waals surface area contributed by atoms with E-state index in [1.807, 2.05) is 18.2 Å². The average Bonchev–Trinajstić information content (AvgIpc) is 3.31. The first kappa shape index (κ1) is 22.7. The van der Waals surface area contributed by atoms with E-state index in [0.717, 1.165) is 56.1 Å². The molecule has 3 heterocycles. The number of hydrogen-bond acceptors (Lipinski definition) is 6. The van der Waals surface area contributed by atoms with Crippen LogP contribution in [0.1, 0.15) is 26.5 Å². The Morgan fingerprint density at radius 2 is 1.54 bits per heavy atom. The lowest BCUT2D eigenvalue weighted by atomic mass is 10.1. The number of fused-ring (bicyclic) bond motifs is 1. The van der Waals surface area contributed by atoms with Crippen LogP contribution < -0.4 is 10.6 Å². The summed E-state index contributed by atoms with van der Waals surface area (Å²) in [5, 5.41) is 5.74. The van der Waals surface area contributed by atoms with E-state index >= 15 is 0 Å². The fourth-order valence-electron chi connectivity index (χ4n) is 3.96. The summed E-state index contributed by atoms with van der Waals surface area (Å²) in [7, 11) is 0. The van der Waals surface area contributed by atoms with Gasteiger partial charge < -0.3 is 20.4 Å². The second-order valence-corrected chi connectivity index (χ2v) is 8.34. The maximum Gasteiger partial charge on any atom is 0.255 e. The number of aromatic nitrogens is 3. The van der Waals surface area contributed by atoms with Gasteiger partial charge in [-0.25, -0.2) is 4.98 Å². The highest BCUT2D eigenvalue weighted by Crippen LogP contribution is 2.19. The van der Waals surface area contributed by atoms with Gasteiger partial charge in [0, 0.05) is 61.0 Å². The van der Waals surface area contributed by atoms with Gasteiger partial charge >= 0.3 is 0 Å². The van der Waals surface area contributed by atoms with Gasteiger partial charge in [0.1, 0.15) is 5.82 Å². The van der Waals surface area contributed by atoms with Gasteiger partial charge in [-0.3, -0.25) is 19.5 Å². The van der Waals surface area contributed by atoms with Gasteiger partial charge in [0.25, 0.3) is 11.8 Å². The van der Waals surface area contributed by atoms with Crippen LogP contribution in [-0.2, 0) is 11.2 Å². The molecule has 2 aromatic carbocycles. The van der Waals surface area contributed by atoms with E-state index in [0.29, 0.717) is 22.5 Å². The molecule has 2 aromatic heterocycles. The van der Waals surface area contributed by atoms with Crippen LogP contribution in [0.25, 0.3) is 11.0 Å². The van der Waals surface area contributed by atoms with Crippen LogP contribution >= 0.6 is 0 Å². The summed E-state index contributed by atoms with van der Waals surface area (Å²) in [4.78, 5) is 39.3. The number of ether oxygens (including phenoxy) is 1. The van der Waals surface area contributed by atoms with Crippen molar-refractivity contribution in [1.82, 2.24) is 19.9 Å². The van der Waals surface area contributed by atoms with E-state index in [1.165, 1.54) is 0 Å².